The van der Waals surface area contributed by atoms with Crippen molar-refractivity contribution in [3.63, 3.8) is 0 Å². The van der Waals surface area contributed by atoms with E-state index >= 15 is 0 Å². The molecular weight excluding hydrogens is 320 g/mol. The summed E-state index contributed by atoms with van der Waals surface area (Å²) in [7, 11) is 1.94. The number of hydrogen-bond acceptors (Lipinski definition) is 3. The molecule has 0 aliphatic carbocycles. The van der Waals surface area contributed by atoms with Gasteiger partial charge < -0.3 is 10.0 Å². The molecule has 0 spiro atoms. The Hall–Kier alpha value is -1.88. The third-order valence-electron chi connectivity index (χ3n) is 2.97. The van der Waals surface area contributed by atoms with Gasteiger partial charge in [0.1, 0.15) is 5.82 Å². The van der Waals surface area contributed by atoms with Gasteiger partial charge in [-0.15, -0.1) is 0 Å². The second kappa shape index (κ2) is 6.05. The predicted molar refractivity (Wildman–Crippen MR) is 82.2 cm³/mol. The first kappa shape index (κ1) is 14.5. The Balaban J connectivity index is 2.21. The Morgan fingerprint density at radius 1 is 1.40 bits per heavy atom. The van der Waals surface area contributed by atoms with Crippen LogP contribution in [-0.4, -0.2) is 23.1 Å². The summed E-state index contributed by atoms with van der Waals surface area (Å²) in [5, 5.41) is 8.95. The monoisotopic (exact) mass is 334 g/mol. The zero-order valence-corrected chi connectivity index (χ0v) is 12.9. The van der Waals surface area contributed by atoms with Gasteiger partial charge in [0.2, 0.25) is 0 Å². The number of hydrogen-bond donors (Lipinski definition) is 1. The lowest BCUT2D eigenvalue weighted by atomic mass is 10.1. The molecule has 2 rings (SSSR count). The maximum absolute atomic E-state index is 10.9. The van der Waals surface area contributed by atoms with Crippen LogP contribution in [0.25, 0.3) is 0 Å². The molecule has 5 heteroatoms. The normalized spacial score (nSPS) is 10.3. The molecule has 2 aromatic rings. The molecule has 0 atom stereocenters. The number of anilines is 1. The molecule has 4 nitrogen and oxygen atoms in total. The van der Waals surface area contributed by atoms with E-state index in [2.05, 4.69) is 27.0 Å². The van der Waals surface area contributed by atoms with Gasteiger partial charge >= 0.3 is 5.97 Å². The van der Waals surface area contributed by atoms with Crippen LogP contribution in [-0.2, 0) is 6.54 Å². The fourth-order valence-corrected chi connectivity index (χ4v) is 2.51. The van der Waals surface area contributed by atoms with Gasteiger partial charge in [-0.1, -0.05) is 28.1 Å². The van der Waals surface area contributed by atoms with E-state index in [-0.39, 0.29) is 5.56 Å². The van der Waals surface area contributed by atoms with Crippen molar-refractivity contribution in [3.05, 3.63) is 57.7 Å². The van der Waals surface area contributed by atoms with E-state index in [0.29, 0.717) is 6.54 Å². The average Bonchev–Trinajstić information content (AvgIpc) is 2.38. The first-order valence-corrected chi connectivity index (χ1v) is 6.92. The van der Waals surface area contributed by atoms with Crippen LogP contribution in [0.3, 0.4) is 0 Å². The summed E-state index contributed by atoms with van der Waals surface area (Å²) in [5.74, 6) is -0.170. The van der Waals surface area contributed by atoms with Gasteiger partial charge in [0, 0.05) is 24.3 Å². The van der Waals surface area contributed by atoms with E-state index in [1.165, 1.54) is 6.20 Å². The number of nitrogens with zero attached hydrogens (tertiary/aromatic N) is 2. The highest BCUT2D eigenvalue weighted by molar-refractivity contribution is 9.10. The highest BCUT2D eigenvalue weighted by atomic mass is 79.9. The van der Waals surface area contributed by atoms with Gasteiger partial charge in [0.25, 0.3) is 0 Å². The first-order valence-electron chi connectivity index (χ1n) is 6.13. The number of benzene rings is 1. The summed E-state index contributed by atoms with van der Waals surface area (Å²) in [4.78, 5) is 17.2. The number of aromatic carboxylic acids is 1. The van der Waals surface area contributed by atoms with Crippen LogP contribution >= 0.6 is 15.9 Å². The van der Waals surface area contributed by atoms with Gasteiger partial charge in [-0.05, 0) is 36.2 Å². The molecule has 104 valence electrons. The van der Waals surface area contributed by atoms with Crippen molar-refractivity contribution in [2.45, 2.75) is 13.5 Å². The van der Waals surface area contributed by atoms with Crippen molar-refractivity contribution in [1.29, 1.82) is 0 Å². The van der Waals surface area contributed by atoms with Crippen molar-refractivity contribution in [3.8, 4) is 0 Å². The molecule has 0 fully saturated rings. The molecule has 0 saturated carbocycles. The Kier molecular flexibility index (Phi) is 4.39. The molecule has 0 aliphatic rings. The molecule has 1 aromatic carbocycles. The minimum Gasteiger partial charge on any atom is -0.478 e. The van der Waals surface area contributed by atoms with Crippen molar-refractivity contribution in [2.75, 3.05) is 11.9 Å². The van der Waals surface area contributed by atoms with E-state index in [9.17, 15) is 4.79 Å². The second-order valence-electron chi connectivity index (χ2n) is 4.66. The number of aromatic nitrogens is 1. The number of aryl methyl sites for hydroxylation is 1. The van der Waals surface area contributed by atoms with Crippen LogP contribution in [0.4, 0.5) is 5.82 Å². The number of carbonyl (C=O) groups is 1. The van der Waals surface area contributed by atoms with Crippen LogP contribution in [0, 0.1) is 6.92 Å². The molecule has 0 unspecified atom stereocenters. The third-order valence-corrected chi connectivity index (χ3v) is 3.46. The fourth-order valence-electron chi connectivity index (χ4n) is 2.07. The van der Waals surface area contributed by atoms with Gasteiger partial charge in [0.05, 0.1) is 5.56 Å². The van der Waals surface area contributed by atoms with Gasteiger partial charge in [-0.25, -0.2) is 9.78 Å². The van der Waals surface area contributed by atoms with Crippen LogP contribution in [0.15, 0.2) is 41.0 Å². The minimum absolute atomic E-state index is 0.210. The number of pyridine rings is 1. The summed E-state index contributed by atoms with van der Waals surface area (Å²) in [6.45, 7) is 2.58. The number of carboxylic acid groups (broad SMARTS) is 1. The lowest BCUT2D eigenvalue weighted by Gasteiger charge is -2.20. The summed E-state index contributed by atoms with van der Waals surface area (Å²) in [5.41, 5.74) is 2.22. The Morgan fingerprint density at radius 3 is 2.75 bits per heavy atom. The molecule has 0 saturated heterocycles. The maximum atomic E-state index is 10.9. The number of rotatable bonds is 4. The Morgan fingerprint density at radius 2 is 2.15 bits per heavy atom. The molecule has 1 N–H and O–H groups in total. The quantitative estimate of drug-likeness (QED) is 0.929. The zero-order valence-electron chi connectivity index (χ0n) is 11.3. The molecule has 1 aromatic heterocycles. The highest BCUT2D eigenvalue weighted by Crippen LogP contribution is 2.20. The van der Waals surface area contributed by atoms with Crippen molar-refractivity contribution in [2.24, 2.45) is 0 Å². The molecule has 1 heterocycles. The molecule has 0 aliphatic heterocycles. The minimum atomic E-state index is -0.957. The Labute approximate surface area is 126 Å². The summed E-state index contributed by atoms with van der Waals surface area (Å²) < 4.78 is 1.04. The summed E-state index contributed by atoms with van der Waals surface area (Å²) >= 11 is 3.45. The van der Waals surface area contributed by atoms with Crippen LogP contribution in [0.5, 0.6) is 0 Å². The molecule has 0 radical (unpaired) electrons. The predicted octanol–water partition coefficient (Wildman–Crippen LogP) is 3.49. The third kappa shape index (κ3) is 3.36. The van der Waals surface area contributed by atoms with Crippen molar-refractivity contribution < 1.29 is 9.90 Å². The van der Waals surface area contributed by atoms with E-state index < -0.39 is 5.97 Å². The van der Waals surface area contributed by atoms with Crippen LogP contribution in [0.1, 0.15) is 21.5 Å². The Bertz CT molecular complexity index is 644. The lowest BCUT2D eigenvalue weighted by molar-refractivity contribution is 0.0696. The molecule has 20 heavy (non-hydrogen) atoms. The van der Waals surface area contributed by atoms with Crippen LogP contribution in [0.2, 0.25) is 0 Å². The fraction of sp³-hybridized carbons (Fsp3) is 0.200. The van der Waals surface area contributed by atoms with E-state index in [0.717, 1.165) is 21.4 Å². The number of carboxylic acids is 1. The molecule has 0 amide bonds. The van der Waals surface area contributed by atoms with Gasteiger partial charge in [0.15, 0.2) is 0 Å². The lowest BCUT2D eigenvalue weighted by Crippen LogP contribution is -2.19. The zero-order chi connectivity index (χ0) is 14.7. The molecular formula is C15H15BrN2O2. The topological polar surface area (TPSA) is 53.4 Å². The SMILES string of the molecule is Cc1cc(C(=O)O)cnc1N(C)Cc1cccc(Br)c1. The maximum Gasteiger partial charge on any atom is 0.337 e. The van der Waals surface area contributed by atoms with Crippen molar-refractivity contribution in [1.82, 2.24) is 4.98 Å². The summed E-state index contributed by atoms with van der Waals surface area (Å²) in [6.07, 6.45) is 1.39. The standard InChI is InChI=1S/C15H15BrN2O2/c1-10-6-12(15(19)20)8-17-14(10)18(2)9-11-4-3-5-13(16)7-11/h3-8H,9H2,1-2H3,(H,19,20). The first-order chi connectivity index (χ1) is 9.47. The average molecular weight is 335 g/mol. The van der Waals surface area contributed by atoms with Gasteiger partial charge in [-0.3, -0.25) is 0 Å². The highest BCUT2D eigenvalue weighted by Gasteiger charge is 2.11. The molecule has 0 bridgehead atoms. The van der Waals surface area contributed by atoms with Crippen LogP contribution < -0.4 is 4.90 Å². The van der Waals surface area contributed by atoms with E-state index in [4.69, 9.17) is 5.11 Å². The second-order valence-corrected chi connectivity index (χ2v) is 5.57. The smallest absolute Gasteiger partial charge is 0.337 e. The van der Waals surface area contributed by atoms with Gasteiger partial charge in [-0.2, -0.15) is 0 Å². The summed E-state index contributed by atoms with van der Waals surface area (Å²) in [6, 6.07) is 9.71. The largest absolute Gasteiger partial charge is 0.478 e. The van der Waals surface area contributed by atoms with Crippen molar-refractivity contribution >= 4 is 27.7 Å². The van der Waals surface area contributed by atoms with E-state index in [1.807, 2.05) is 37.1 Å². The van der Waals surface area contributed by atoms with E-state index in [1.54, 1.807) is 6.07 Å². The number of halogens is 1.